The van der Waals surface area contributed by atoms with E-state index in [1.165, 1.54) is 4.90 Å². The van der Waals surface area contributed by atoms with Crippen LogP contribution in [0.5, 0.6) is 0 Å². The van der Waals surface area contributed by atoms with Crippen LogP contribution < -0.4 is 10.4 Å². The number of para-hydroxylation sites is 1. The number of hydrogen-bond donors (Lipinski definition) is 3. The molecule has 1 aliphatic heterocycles. The van der Waals surface area contributed by atoms with Gasteiger partial charge in [-0.25, -0.2) is 10.3 Å². The van der Waals surface area contributed by atoms with E-state index in [-0.39, 0.29) is 17.9 Å². The molecule has 1 heterocycles. The van der Waals surface area contributed by atoms with Crippen molar-refractivity contribution in [1.82, 2.24) is 15.3 Å². The number of hydrogen-bond acceptors (Lipinski definition) is 5. The number of nitrogens with zero attached hydrogens (tertiary/aromatic N) is 3. The molecule has 9 heteroatoms. The van der Waals surface area contributed by atoms with Crippen LogP contribution >= 0.6 is 0 Å². The summed E-state index contributed by atoms with van der Waals surface area (Å²) in [6, 6.07) is 16.7. The third-order valence-corrected chi connectivity index (χ3v) is 8.14. The van der Waals surface area contributed by atoms with E-state index in [0.717, 1.165) is 56.4 Å². The number of hydroxylamine groups is 1. The zero-order chi connectivity index (χ0) is 25.9. The lowest BCUT2D eigenvalue weighted by molar-refractivity contribution is -0.131. The van der Waals surface area contributed by atoms with Gasteiger partial charge in [0.15, 0.2) is 0 Å². The van der Waals surface area contributed by atoms with Gasteiger partial charge in [-0.05, 0) is 42.7 Å². The third kappa shape index (κ3) is 5.13. The third-order valence-electron chi connectivity index (χ3n) is 8.14. The van der Waals surface area contributed by atoms with Gasteiger partial charge in [-0.1, -0.05) is 49.6 Å². The maximum Gasteiger partial charge on any atom is 0.407 e. The van der Waals surface area contributed by atoms with Gasteiger partial charge < -0.3 is 19.8 Å². The minimum Gasteiger partial charge on any atom is -0.465 e. The normalized spacial score (nSPS) is 23.9. The zero-order valence-corrected chi connectivity index (χ0v) is 20.8. The molecule has 3 amide bonds. The van der Waals surface area contributed by atoms with E-state index in [2.05, 4.69) is 17.0 Å². The predicted molar refractivity (Wildman–Crippen MR) is 138 cm³/mol. The molecule has 37 heavy (non-hydrogen) atoms. The van der Waals surface area contributed by atoms with E-state index < -0.39 is 24.0 Å². The quantitative estimate of drug-likeness (QED) is 0.408. The lowest BCUT2D eigenvalue weighted by Crippen LogP contribution is -2.48. The highest BCUT2D eigenvalue weighted by molar-refractivity contribution is 5.94. The second-order valence-electron chi connectivity index (χ2n) is 10.2. The zero-order valence-electron chi connectivity index (χ0n) is 20.8. The highest BCUT2D eigenvalue weighted by Crippen LogP contribution is 2.52. The van der Waals surface area contributed by atoms with E-state index in [1.54, 1.807) is 17.6 Å². The van der Waals surface area contributed by atoms with Gasteiger partial charge in [0.25, 0.3) is 5.91 Å². The average molecular weight is 507 g/mol. The molecule has 2 aliphatic carbocycles. The van der Waals surface area contributed by atoms with Crippen LogP contribution in [0.4, 0.5) is 10.5 Å². The topological polar surface area (TPSA) is 113 Å². The van der Waals surface area contributed by atoms with Crippen molar-refractivity contribution in [1.29, 1.82) is 0 Å². The molecule has 9 nitrogen and oxygen atoms in total. The standard InChI is InChI=1S/C28H34N4O5/c33-26(29-37)24-23(25(24)32(28(35)36)22-9-5-2-6-10-22)19-11-13-20(14-12-19)27(34)31-17-15-30(16-18-31)21-7-3-1-4-8-21/h1,3-4,7-8,11-14,22-25,37H,2,5-6,9-10,15-18H2,(H,29,33)(H,35,36)/t23?,24-,25+/m0/s1. The molecule has 2 saturated carbocycles. The number of carboxylic acid groups (broad SMARTS) is 1. The van der Waals surface area contributed by atoms with Crippen molar-refractivity contribution in [2.24, 2.45) is 5.92 Å². The molecule has 5 rings (SSSR count). The fourth-order valence-corrected chi connectivity index (χ4v) is 6.16. The average Bonchev–Trinajstić information content (AvgIpc) is 3.68. The summed E-state index contributed by atoms with van der Waals surface area (Å²) in [6.07, 6.45) is 3.58. The number of anilines is 1. The Bertz CT molecular complexity index is 1110. The van der Waals surface area contributed by atoms with Gasteiger partial charge in [0.2, 0.25) is 5.91 Å². The number of nitrogens with one attached hydrogen (secondary N) is 1. The van der Waals surface area contributed by atoms with Crippen molar-refractivity contribution in [2.45, 2.75) is 50.1 Å². The summed E-state index contributed by atoms with van der Waals surface area (Å²) in [7, 11) is 0. The van der Waals surface area contributed by atoms with E-state index in [1.807, 2.05) is 35.2 Å². The van der Waals surface area contributed by atoms with Gasteiger partial charge in [-0.2, -0.15) is 0 Å². The number of amides is 3. The molecule has 3 aliphatic rings. The minimum absolute atomic E-state index is 0.0365. The van der Waals surface area contributed by atoms with Crippen molar-refractivity contribution < 1.29 is 24.7 Å². The molecular formula is C28H34N4O5. The highest BCUT2D eigenvalue weighted by atomic mass is 16.5. The number of benzene rings is 2. The molecule has 196 valence electrons. The second-order valence-corrected chi connectivity index (χ2v) is 10.2. The smallest absolute Gasteiger partial charge is 0.407 e. The number of carbonyl (C=O) groups excluding carboxylic acids is 2. The van der Waals surface area contributed by atoms with Crippen molar-refractivity contribution in [2.75, 3.05) is 31.1 Å². The molecule has 2 aromatic rings. The predicted octanol–water partition coefficient (Wildman–Crippen LogP) is 3.55. The molecule has 1 saturated heterocycles. The molecular weight excluding hydrogens is 472 g/mol. The van der Waals surface area contributed by atoms with Gasteiger partial charge in [0.05, 0.1) is 12.0 Å². The first-order valence-electron chi connectivity index (χ1n) is 13.1. The van der Waals surface area contributed by atoms with Crippen LogP contribution in [0.25, 0.3) is 0 Å². The van der Waals surface area contributed by atoms with Crippen LogP contribution in [0, 0.1) is 5.92 Å². The summed E-state index contributed by atoms with van der Waals surface area (Å²) in [6.45, 7) is 2.80. The molecule has 3 atom stereocenters. The first-order chi connectivity index (χ1) is 18.0. The van der Waals surface area contributed by atoms with E-state index in [4.69, 9.17) is 0 Å². The Kier molecular flexibility index (Phi) is 7.32. The number of carbonyl (C=O) groups is 3. The molecule has 3 fully saturated rings. The van der Waals surface area contributed by atoms with Crippen molar-refractivity contribution in [3.05, 3.63) is 65.7 Å². The SMILES string of the molecule is O=C(NO)[C@H]1C(c2ccc(C(=O)N3CCN(c4ccccc4)CC3)cc2)[C@H]1N(C(=O)O)C1CCCCC1. The summed E-state index contributed by atoms with van der Waals surface area (Å²) in [4.78, 5) is 43.4. The van der Waals surface area contributed by atoms with Gasteiger partial charge >= 0.3 is 6.09 Å². The van der Waals surface area contributed by atoms with Crippen LogP contribution in [-0.2, 0) is 4.79 Å². The first-order valence-corrected chi connectivity index (χ1v) is 13.1. The molecule has 0 bridgehead atoms. The molecule has 2 aromatic carbocycles. The van der Waals surface area contributed by atoms with E-state index in [0.29, 0.717) is 18.7 Å². The maximum atomic E-state index is 13.2. The fourth-order valence-electron chi connectivity index (χ4n) is 6.16. The summed E-state index contributed by atoms with van der Waals surface area (Å²) >= 11 is 0. The van der Waals surface area contributed by atoms with Crippen LogP contribution in [0.15, 0.2) is 54.6 Å². The van der Waals surface area contributed by atoms with Gasteiger partial charge in [0.1, 0.15) is 0 Å². The molecule has 0 radical (unpaired) electrons. The lowest BCUT2D eigenvalue weighted by atomic mass is 9.94. The molecule has 3 N–H and O–H groups in total. The monoisotopic (exact) mass is 506 g/mol. The van der Waals surface area contributed by atoms with E-state index in [9.17, 15) is 24.7 Å². The molecule has 1 unspecified atom stereocenters. The lowest BCUT2D eigenvalue weighted by Gasteiger charge is -2.36. The van der Waals surface area contributed by atoms with Gasteiger partial charge in [-0.3, -0.25) is 14.8 Å². The second kappa shape index (κ2) is 10.8. The van der Waals surface area contributed by atoms with Crippen LogP contribution in [0.3, 0.4) is 0 Å². The summed E-state index contributed by atoms with van der Waals surface area (Å²) in [5, 5.41) is 19.3. The number of rotatable bonds is 6. The Hall–Kier alpha value is -3.59. The Morgan fingerprint density at radius 2 is 1.51 bits per heavy atom. The van der Waals surface area contributed by atoms with Crippen LogP contribution in [0.2, 0.25) is 0 Å². The first kappa shape index (κ1) is 25.1. The summed E-state index contributed by atoms with van der Waals surface area (Å²) in [5.74, 6) is -1.63. The van der Waals surface area contributed by atoms with Crippen molar-refractivity contribution in [3.63, 3.8) is 0 Å². The Morgan fingerprint density at radius 1 is 0.865 bits per heavy atom. The largest absolute Gasteiger partial charge is 0.465 e. The van der Waals surface area contributed by atoms with Gasteiger partial charge in [0, 0.05) is 49.4 Å². The van der Waals surface area contributed by atoms with Gasteiger partial charge in [-0.15, -0.1) is 0 Å². The highest BCUT2D eigenvalue weighted by Gasteiger charge is 2.61. The summed E-state index contributed by atoms with van der Waals surface area (Å²) < 4.78 is 0. The fraction of sp³-hybridized carbons (Fsp3) is 0.464. The van der Waals surface area contributed by atoms with E-state index >= 15 is 0 Å². The van der Waals surface area contributed by atoms with Crippen molar-refractivity contribution in [3.8, 4) is 0 Å². The molecule has 0 spiro atoms. The van der Waals surface area contributed by atoms with Crippen LogP contribution in [0.1, 0.15) is 53.9 Å². The Labute approximate surface area is 216 Å². The Morgan fingerprint density at radius 3 is 2.11 bits per heavy atom. The van der Waals surface area contributed by atoms with Crippen LogP contribution in [-0.4, -0.2) is 76.3 Å². The minimum atomic E-state index is -1.03. The number of piperazine rings is 1. The summed E-state index contributed by atoms with van der Waals surface area (Å²) in [5.41, 5.74) is 4.24. The Balaban J connectivity index is 1.27. The molecule has 0 aromatic heterocycles. The maximum absolute atomic E-state index is 13.2. The van der Waals surface area contributed by atoms with Crippen molar-refractivity contribution >= 4 is 23.6 Å².